The summed E-state index contributed by atoms with van der Waals surface area (Å²) in [5.74, 6) is 0.155. The van der Waals surface area contributed by atoms with Gasteiger partial charge in [-0.15, -0.1) is 11.3 Å². The van der Waals surface area contributed by atoms with Gasteiger partial charge in [0, 0.05) is 36.6 Å². The van der Waals surface area contributed by atoms with E-state index >= 15 is 0 Å². The van der Waals surface area contributed by atoms with Crippen LogP contribution in [0.5, 0.6) is 0 Å². The van der Waals surface area contributed by atoms with Gasteiger partial charge in [0.05, 0.1) is 16.3 Å². The second-order valence-corrected chi connectivity index (χ2v) is 10.1. The quantitative estimate of drug-likeness (QED) is 0.359. The Morgan fingerprint density at radius 2 is 1.69 bits per heavy atom. The van der Waals surface area contributed by atoms with Crippen molar-refractivity contribution in [2.75, 3.05) is 19.6 Å². The lowest BCUT2D eigenvalue weighted by Gasteiger charge is -2.38. The number of carbonyl (C=O) groups excluding carboxylic acids is 2. The number of aromatic nitrogens is 2. The van der Waals surface area contributed by atoms with Gasteiger partial charge in [-0.3, -0.25) is 9.59 Å². The third kappa shape index (κ3) is 4.60. The minimum Gasteiger partial charge on any atom is -0.338 e. The fourth-order valence-corrected chi connectivity index (χ4v) is 6.01. The molecule has 0 saturated carbocycles. The van der Waals surface area contributed by atoms with E-state index in [1.54, 1.807) is 0 Å². The lowest BCUT2D eigenvalue weighted by molar-refractivity contribution is 0.0522. The van der Waals surface area contributed by atoms with Gasteiger partial charge in [-0.25, -0.2) is 4.68 Å². The number of para-hydroxylation sites is 1. The molecule has 4 aromatic rings. The monoisotopic (exact) mass is 486 g/mol. The van der Waals surface area contributed by atoms with Crippen LogP contribution in [0, 0.1) is 6.92 Å². The third-order valence-electron chi connectivity index (χ3n) is 6.69. The fourth-order valence-electron chi connectivity index (χ4n) is 4.87. The summed E-state index contributed by atoms with van der Waals surface area (Å²) < 4.78 is 1.93. The second kappa shape index (κ2) is 10.0. The SMILES string of the molecule is CCCN(C(=O)c1cc2c(C)nn(-c3ccccc3)c2s1)C1CCN(C(=O)c2ccccc2)CC1. The van der Waals surface area contributed by atoms with E-state index in [1.807, 2.05) is 88.1 Å². The van der Waals surface area contributed by atoms with Crippen LogP contribution in [0.2, 0.25) is 0 Å². The van der Waals surface area contributed by atoms with Gasteiger partial charge in [-0.05, 0) is 56.5 Å². The molecule has 5 rings (SSSR count). The van der Waals surface area contributed by atoms with Crippen LogP contribution in [0.4, 0.5) is 0 Å². The maximum atomic E-state index is 13.7. The van der Waals surface area contributed by atoms with E-state index < -0.39 is 0 Å². The Bertz CT molecular complexity index is 1320. The Balaban J connectivity index is 1.34. The molecule has 7 heteroatoms. The first-order valence-electron chi connectivity index (χ1n) is 12.3. The summed E-state index contributed by atoms with van der Waals surface area (Å²) in [4.78, 5) is 32.3. The molecule has 2 aromatic heterocycles. The van der Waals surface area contributed by atoms with E-state index in [0.29, 0.717) is 19.6 Å². The first-order valence-corrected chi connectivity index (χ1v) is 13.1. The number of amides is 2. The Morgan fingerprint density at radius 3 is 2.34 bits per heavy atom. The molecule has 2 aromatic carbocycles. The van der Waals surface area contributed by atoms with Crippen LogP contribution in [0.3, 0.4) is 0 Å². The van der Waals surface area contributed by atoms with Crippen LogP contribution in [0.1, 0.15) is 51.9 Å². The molecule has 0 unspecified atom stereocenters. The average Bonchev–Trinajstić information content (AvgIpc) is 3.48. The second-order valence-electron chi connectivity index (χ2n) is 9.05. The molecule has 6 nitrogen and oxygen atoms in total. The molecule has 180 valence electrons. The summed E-state index contributed by atoms with van der Waals surface area (Å²) in [5, 5.41) is 5.74. The van der Waals surface area contributed by atoms with Crippen molar-refractivity contribution in [1.82, 2.24) is 19.6 Å². The molecule has 1 aliphatic rings. The number of hydrogen-bond donors (Lipinski definition) is 0. The summed E-state index contributed by atoms with van der Waals surface area (Å²) in [6, 6.07) is 21.6. The van der Waals surface area contributed by atoms with Crippen molar-refractivity contribution in [2.24, 2.45) is 0 Å². The highest BCUT2D eigenvalue weighted by Crippen LogP contribution is 2.32. The molecule has 2 amide bonds. The van der Waals surface area contributed by atoms with Crippen LogP contribution in [-0.4, -0.2) is 57.1 Å². The number of carbonyl (C=O) groups is 2. The lowest BCUT2D eigenvalue weighted by atomic mass is 10.0. The van der Waals surface area contributed by atoms with Crippen LogP contribution < -0.4 is 0 Å². The molecule has 3 heterocycles. The van der Waals surface area contributed by atoms with E-state index in [1.165, 1.54) is 11.3 Å². The maximum absolute atomic E-state index is 13.7. The summed E-state index contributed by atoms with van der Waals surface area (Å²) in [6.07, 6.45) is 2.49. The summed E-state index contributed by atoms with van der Waals surface area (Å²) in [5.41, 5.74) is 2.64. The highest BCUT2D eigenvalue weighted by Gasteiger charge is 2.31. The van der Waals surface area contributed by atoms with Gasteiger partial charge in [-0.2, -0.15) is 5.10 Å². The molecular weight excluding hydrogens is 456 g/mol. The van der Waals surface area contributed by atoms with Crippen LogP contribution in [-0.2, 0) is 0 Å². The van der Waals surface area contributed by atoms with Gasteiger partial charge in [-0.1, -0.05) is 43.3 Å². The molecule has 0 atom stereocenters. The van der Waals surface area contributed by atoms with Gasteiger partial charge in [0.25, 0.3) is 11.8 Å². The first kappa shape index (κ1) is 23.3. The van der Waals surface area contributed by atoms with E-state index in [0.717, 1.165) is 51.3 Å². The molecule has 1 aliphatic heterocycles. The molecule has 0 N–H and O–H groups in total. The largest absolute Gasteiger partial charge is 0.338 e. The number of benzene rings is 2. The van der Waals surface area contributed by atoms with Crippen molar-refractivity contribution in [3.8, 4) is 5.69 Å². The maximum Gasteiger partial charge on any atom is 0.264 e. The predicted octanol–water partition coefficient (Wildman–Crippen LogP) is 5.55. The normalized spacial score (nSPS) is 14.4. The van der Waals surface area contributed by atoms with E-state index in [4.69, 9.17) is 5.10 Å². The smallest absolute Gasteiger partial charge is 0.264 e. The van der Waals surface area contributed by atoms with Crippen molar-refractivity contribution in [1.29, 1.82) is 0 Å². The molecule has 1 saturated heterocycles. The van der Waals surface area contributed by atoms with Crippen LogP contribution >= 0.6 is 11.3 Å². The number of nitrogens with zero attached hydrogens (tertiary/aromatic N) is 4. The number of fused-ring (bicyclic) bond motifs is 1. The predicted molar refractivity (Wildman–Crippen MR) is 140 cm³/mol. The molecule has 35 heavy (non-hydrogen) atoms. The zero-order chi connectivity index (χ0) is 24.4. The van der Waals surface area contributed by atoms with Crippen molar-refractivity contribution in [2.45, 2.75) is 39.2 Å². The van der Waals surface area contributed by atoms with Gasteiger partial charge >= 0.3 is 0 Å². The Hall–Kier alpha value is -3.45. The van der Waals surface area contributed by atoms with Crippen molar-refractivity contribution >= 4 is 33.4 Å². The molecule has 0 aliphatic carbocycles. The lowest BCUT2D eigenvalue weighted by Crippen LogP contribution is -2.49. The molecule has 1 fully saturated rings. The molecule has 0 spiro atoms. The van der Waals surface area contributed by atoms with Gasteiger partial charge in [0.15, 0.2) is 0 Å². The Labute approximate surface area is 209 Å². The fraction of sp³-hybridized carbons (Fsp3) is 0.321. The van der Waals surface area contributed by atoms with E-state index in [2.05, 4.69) is 6.92 Å². The highest BCUT2D eigenvalue weighted by atomic mass is 32.1. The first-order chi connectivity index (χ1) is 17.1. The zero-order valence-electron chi connectivity index (χ0n) is 20.2. The highest BCUT2D eigenvalue weighted by molar-refractivity contribution is 7.20. The van der Waals surface area contributed by atoms with Crippen molar-refractivity contribution in [3.63, 3.8) is 0 Å². The number of likely N-dealkylation sites (tertiary alicyclic amines) is 1. The average molecular weight is 487 g/mol. The van der Waals surface area contributed by atoms with Gasteiger partial charge in [0.2, 0.25) is 0 Å². The zero-order valence-corrected chi connectivity index (χ0v) is 21.0. The minimum atomic E-state index is 0.0721. The number of aryl methyl sites for hydroxylation is 1. The number of rotatable bonds is 6. The topological polar surface area (TPSA) is 58.4 Å². The molecule has 0 radical (unpaired) electrons. The Morgan fingerprint density at radius 1 is 1.03 bits per heavy atom. The number of piperidine rings is 1. The van der Waals surface area contributed by atoms with Gasteiger partial charge in [0.1, 0.15) is 4.83 Å². The molecule has 0 bridgehead atoms. The minimum absolute atomic E-state index is 0.0721. The summed E-state index contributed by atoms with van der Waals surface area (Å²) in [6.45, 7) is 6.15. The van der Waals surface area contributed by atoms with Gasteiger partial charge < -0.3 is 9.80 Å². The van der Waals surface area contributed by atoms with Crippen LogP contribution in [0.25, 0.3) is 15.9 Å². The molecular formula is C28H30N4O2S. The van der Waals surface area contributed by atoms with E-state index in [9.17, 15) is 9.59 Å². The van der Waals surface area contributed by atoms with Crippen LogP contribution in [0.15, 0.2) is 66.7 Å². The van der Waals surface area contributed by atoms with Crippen molar-refractivity contribution < 1.29 is 9.59 Å². The Kier molecular flexibility index (Phi) is 6.68. The standard InChI is InChI=1S/C28H30N4O2S/c1-3-16-31(22-14-17-30(18-15-22)26(33)21-10-6-4-7-11-21)27(34)25-19-24-20(2)29-32(28(24)35-25)23-12-8-5-9-13-23/h4-13,19,22H,3,14-18H2,1-2H3. The summed E-state index contributed by atoms with van der Waals surface area (Å²) in [7, 11) is 0. The van der Waals surface area contributed by atoms with Crippen molar-refractivity contribution in [3.05, 3.63) is 82.9 Å². The number of thiophene rings is 1. The number of hydrogen-bond acceptors (Lipinski definition) is 4. The third-order valence-corrected chi connectivity index (χ3v) is 7.79. The summed E-state index contributed by atoms with van der Waals surface area (Å²) >= 11 is 1.51. The van der Waals surface area contributed by atoms with E-state index in [-0.39, 0.29) is 17.9 Å².